The van der Waals surface area contributed by atoms with Crippen LogP contribution in [0.25, 0.3) is 0 Å². The molecule has 1 N–H and O–H groups in total. The highest BCUT2D eigenvalue weighted by atomic mass is 16.3. The van der Waals surface area contributed by atoms with E-state index < -0.39 is 0 Å². The third-order valence-electron chi connectivity index (χ3n) is 4.39. The number of hydrogen-bond acceptors (Lipinski definition) is 2. The fourth-order valence-electron chi connectivity index (χ4n) is 2.89. The molecule has 1 aliphatic rings. The van der Waals surface area contributed by atoms with Crippen LogP contribution in [-0.2, 0) is 0 Å². The summed E-state index contributed by atoms with van der Waals surface area (Å²) in [4.78, 5) is 2.21. The van der Waals surface area contributed by atoms with Crippen LogP contribution in [0.15, 0.2) is 73.0 Å². The van der Waals surface area contributed by atoms with Crippen molar-refractivity contribution >= 4 is 0 Å². The van der Waals surface area contributed by atoms with Crippen molar-refractivity contribution in [1.29, 1.82) is 0 Å². The number of aliphatic hydroxyl groups excluding tert-OH is 1. The first-order valence-corrected chi connectivity index (χ1v) is 10.3. The number of rotatable bonds is 2. The molecule has 0 aromatic carbocycles. The zero-order valence-corrected chi connectivity index (χ0v) is 16.3. The maximum absolute atomic E-state index is 9.21. The van der Waals surface area contributed by atoms with Gasteiger partial charge in [-0.1, -0.05) is 99.3 Å². The van der Waals surface area contributed by atoms with Gasteiger partial charge in [0.2, 0.25) is 0 Å². The van der Waals surface area contributed by atoms with E-state index in [0.717, 1.165) is 6.54 Å². The SMILES string of the molecule is OCCN1/C=C/C=C\C=C\C=C\C=C/C=C/CCCCCCCCCC1. The van der Waals surface area contributed by atoms with Crippen LogP contribution < -0.4 is 0 Å². The number of hydrogen-bond donors (Lipinski definition) is 1. The Morgan fingerprint density at radius 3 is 1.69 bits per heavy atom. The summed E-state index contributed by atoms with van der Waals surface area (Å²) in [5.41, 5.74) is 0. The lowest BCUT2D eigenvalue weighted by Gasteiger charge is -2.18. The van der Waals surface area contributed by atoms with E-state index in [1.807, 2.05) is 42.5 Å². The Balaban J connectivity index is 2.49. The standard InChI is InChI=1S/C24H37NO/c26-24-23-25-21-19-17-15-13-11-9-7-5-3-1-2-4-6-8-10-12-14-16-18-20-22-25/h1-3,5,7,9,11,13,15,17,19,21,26H,4,6,8,10,12,14,16,18,20,22-24H2/b2-1+,5-3-,9-7+,13-11+,17-15-,21-19+. The second-order valence-corrected chi connectivity index (χ2v) is 6.69. The van der Waals surface area contributed by atoms with E-state index in [1.54, 1.807) is 0 Å². The van der Waals surface area contributed by atoms with E-state index in [4.69, 9.17) is 0 Å². The Bertz CT molecular complexity index is 482. The highest BCUT2D eigenvalue weighted by Crippen LogP contribution is 2.10. The van der Waals surface area contributed by atoms with Gasteiger partial charge in [-0.15, -0.1) is 0 Å². The molecule has 0 atom stereocenters. The van der Waals surface area contributed by atoms with Gasteiger partial charge >= 0.3 is 0 Å². The minimum absolute atomic E-state index is 0.209. The monoisotopic (exact) mass is 355 g/mol. The Kier molecular flexibility index (Phi) is 15.4. The molecule has 0 spiro atoms. The number of aliphatic hydroxyl groups is 1. The summed E-state index contributed by atoms with van der Waals surface area (Å²) in [7, 11) is 0. The Hall–Kier alpha value is -1.80. The predicted molar refractivity (Wildman–Crippen MR) is 115 cm³/mol. The van der Waals surface area contributed by atoms with Crippen molar-refractivity contribution in [1.82, 2.24) is 4.90 Å². The maximum Gasteiger partial charge on any atom is 0.0606 e. The average Bonchev–Trinajstić information content (AvgIpc) is 2.65. The summed E-state index contributed by atoms with van der Waals surface area (Å²) in [6.45, 7) is 1.95. The fraction of sp³-hybridized carbons (Fsp3) is 0.500. The molecule has 0 saturated heterocycles. The molecule has 2 nitrogen and oxygen atoms in total. The molecule has 0 fully saturated rings. The molecule has 0 aromatic rings. The van der Waals surface area contributed by atoms with Crippen molar-refractivity contribution < 1.29 is 5.11 Å². The molecule has 0 saturated carbocycles. The van der Waals surface area contributed by atoms with Gasteiger partial charge in [0.1, 0.15) is 0 Å². The lowest BCUT2D eigenvalue weighted by Crippen LogP contribution is -2.22. The smallest absolute Gasteiger partial charge is 0.0606 e. The van der Waals surface area contributed by atoms with Gasteiger partial charge in [0.15, 0.2) is 0 Å². The molecule has 1 rings (SSSR count). The van der Waals surface area contributed by atoms with Gasteiger partial charge in [0.05, 0.1) is 6.61 Å². The molecule has 1 aliphatic heterocycles. The minimum atomic E-state index is 0.209. The molecule has 0 amide bonds. The lowest BCUT2D eigenvalue weighted by molar-refractivity contribution is 0.234. The van der Waals surface area contributed by atoms with E-state index in [9.17, 15) is 5.11 Å². The van der Waals surface area contributed by atoms with Gasteiger partial charge in [-0.05, 0) is 31.5 Å². The highest BCUT2D eigenvalue weighted by molar-refractivity contribution is 5.19. The van der Waals surface area contributed by atoms with Crippen LogP contribution in [0.5, 0.6) is 0 Å². The predicted octanol–water partition coefficient (Wildman–Crippen LogP) is 6.10. The van der Waals surface area contributed by atoms with Crippen molar-refractivity contribution in [2.75, 3.05) is 19.7 Å². The van der Waals surface area contributed by atoms with Crippen LogP contribution in [0, 0.1) is 0 Å². The van der Waals surface area contributed by atoms with Gasteiger partial charge in [0.25, 0.3) is 0 Å². The molecule has 2 heteroatoms. The first-order valence-electron chi connectivity index (χ1n) is 10.3. The van der Waals surface area contributed by atoms with Crippen molar-refractivity contribution in [2.24, 2.45) is 0 Å². The van der Waals surface area contributed by atoms with E-state index in [0.29, 0.717) is 6.54 Å². The van der Waals surface area contributed by atoms with E-state index in [1.165, 1.54) is 57.8 Å². The highest BCUT2D eigenvalue weighted by Gasteiger charge is 1.98. The number of allylic oxidation sites excluding steroid dienone is 11. The van der Waals surface area contributed by atoms with Crippen molar-refractivity contribution in [3.63, 3.8) is 0 Å². The molecular weight excluding hydrogens is 318 g/mol. The fourth-order valence-corrected chi connectivity index (χ4v) is 2.89. The third kappa shape index (κ3) is 14.5. The topological polar surface area (TPSA) is 23.5 Å². The van der Waals surface area contributed by atoms with Gasteiger partial charge in [-0.2, -0.15) is 0 Å². The summed E-state index contributed by atoms with van der Waals surface area (Å²) in [6.07, 6.45) is 36.6. The Morgan fingerprint density at radius 2 is 1.08 bits per heavy atom. The molecule has 144 valence electrons. The van der Waals surface area contributed by atoms with Crippen LogP contribution in [0.4, 0.5) is 0 Å². The van der Waals surface area contributed by atoms with Crippen molar-refractivity contribution in [3.8, 4) is 0 Å². The zero-order chi connectivity index (χ0) is 18.5. The molecule has 1 heterocycles. The van der Waals surface area contributed by atoms with Gasteiger partial charge in [-0.3, -0.25) is 0 Å². The maximum atomic E-state index is 9.21. The summed E-state index contributed by atoms with van der Waals surface area (Å²) < 4.78 is 0. The first kappa shape index (κ1) is 22.2. The summed E-state index contributed by atoms with van der Waals surface area (Å²) in [5, 5.41) is 9.21. The van der Waals surface area contributed by atoms with Gasteiger partial charge < -0.3 is 10.0 Å². The molecule has 0 bridgehead atoms. The lowest BCUT2D eigenvalue weighted by atomic mass is 10.1. The van der Waals surface area contributed by atoms with Crippen LogP contribution in [0.2, 0.25) is 0 Å². The van der Waals surface area contributed by atoms with E-state index in [-0.39, 0.29) is 6.61 Å². The molecular formula is C24H37NO. The van der Waals surface area contributed by atoms with Crippen molar-refractivity contribution in [2.45, 2.75) is 57.8 Å². The second-order valence-electron chi connectivity index (χ2n) is 6.69. The largest absolute Gasteiger partial charge is 0.395 e. The zero-order valence-electron chi connectivity index (χ0n) is 16.3. The minimum Gasteiger partial charge on any atom is -0.395 e. The van der Waals surface area contributed by atoms with Crippen LogP contribution in [0.1, 0.15) is 57.8 Å². The second kappa shape index (κ2) is 18.0. The van der Waals surface area contributed by atoms with E-state index >= 15 is 0 Å². The van der Waals surface area contributed by atoms with E-state index in [2.05, 4.69) is 35.4 Å². The van der Waals surface area contributed by atoms with Crippen LogP contribution >= 0.6 is 0 Å². The molecule has 0 aliphatic carbocycles. The Labute approximate surface area is 161 Å². The molecule has 26 heavy (non-hydrogen) atoms. The number of nitrogens with zero attached hydrogens (tertiary/aromatic N) is 1. The third-order valence-corrected chi connectivity index (χ3v) is 4.39. The summed E-state index contributed by atoms with van der Waals surface area (Å²) in [5.74, 6) is 0. The molecule has 0 unspecified atom stereocenters. The molecule has 0 aromatic heterocycles. The summed E-state index contributed by atoms with van der Waals surface area (Å²) in [6, 6.07) is 0. The average molecular weight is 356 g/mol. The van der Waals surface area contributed by atoms with Crippen LogP contribution in [-0.4, -0.2) is 29.7 Å². The first-order chi connectivity index (χ1) is 12.9. The van der Waals surface area contributed by atoms with Crippen molar-refractivity contribution in [3.05, 3.63) is 73.0 Å². The summed E-state index contributed by atoms with van der Waals surface area (Å²) >= 11 is 0. The van der Waals surface area contributed by atoms with Crippen LogP contribution in [0.3, 0.4) is 0 Å². The van der Waals surface area contributed by atoms with Gasteiger partial charge in [-0.25, -0.2) is 0 Å². The van der Waals surface area contributed by atoms with Gasteiger partial charge in [0, 0.05) is 13.1 Å². The molecule has 0 radical (unpaired) electrons. The number of β-amino-alcohol motifs (C(OH)–C–C–N with tert-alkyl or cyclic N) is 1. The Morgan fingerprint density at radius 1 is 0.577 bits per heavy atom. The quantitative estimate of drug-likeness (QED) is 0.647. The normalized spacial score (nSPS) is 26.4.